The molecule has 10 heteroatoms. The van der Waals surface area contributed by atoms with Crippen molar-refractivity contribution in [3.05, 3.63) is 0 Å². The summed E-state index contributed by atoms with van der Waals surface area (Å²) in [6.45, 7) is 5.77. The van der Waals surface area contributed by atoms with Crippen molar-refractivity contribution in [2.75, 3.05) is 0 Å². The van der Waals surface area contributed by atoms with Crippen LogP contribution < -0.4 is 0 Å². The average Bonchev–Trinajstić information content (AvgIpc) is 1.74. The number of hydrogen-bond donors (Lipinski definition) is 0. The first-order valence-electron chi connectivity index (χ1n) is 3.99. The molecule has 0 atom stereocenters. The second-order valence-electron chi connectivity index (χ2n) is 3.61. The molecule has 0 amide bonds. The van der Waals surface area contributed by atoms with Gasteiger partial charge in [-0.25, -0.2) is 0 Å². The minimum absolute atomic E-state index is 0.222. The maximum atomic E-state index is 11.7. The standard InChI is InChI=1S/C4H9F3O3SSi.C2H4Cl2/c1-12(2,3)10-11(8,9)4(5,6)7;1-2(3)4/h1-3H3;2H,1H3. The molecule has 0 aromatic heterocycles. The van der Waals surface area contributed by atoms with Gasteiger partial charge in [0, 0.05) is 0 Å². The summed E-state index contributed by atoms with van der Waals surface area (Å²) < 4.78 is 59.7. The molecule has 0 fully saturated rings. The van der Waals surface area contributed by atoms with Crippen molar-refractivity contribution in [3.63, 3.8) is 0 Å². The van der Waals surface area contributed by atoms with Crippen LogP contribution in [0.25, 0.3) is 0 Å². The van der Waals surface area contributed by atoms with Crippen LogP contribution in [-0.4, -0.2) is 27.1 Å². The second-order valence-corrected chi connectivity index (χ2v) is 11.4. The molecule has 0 radical (unpaired) electrons. The van der Waals surface area contributed by atoms with Crippen LogP contribution in [0, 0.1) is 0 Å². The molecular formula is C6H13Cl2F3O3SSi. The normalized spacial score (nSPS) is 13.4. The quantitative estimate of drug-likeness (QED) is 0.444. The van der Waals surface area contributed by atoms with Gasteiger partial charge in [-0.3, -0.25) is 0 Å². The maximum Gasteiger partial charge on any atom is 0.522 e. The Kier molecular flexibility index (Phi) is 7.58. The lowest BCUT2D eigenvalue weighted by Gasteiger charge is -2.17. The smallest absolute Gasteiger partial charge is 0.309 e. The van der Waals surface area contributed by atoms with E-state index in [4.69, 9.17) is 23.2 Å². The molecule has 0 aliphatic carbocycles. The summed E-state index contributed by atoms with van der Waals surface area (Å²) in [4.78, 5) is -0.222. The Morgan fingerprint density at radius 1 is 1.19 bits per heavy atom. The molecular weight excluding hydrogens is 308 g/mol. The van der Waals surface area contributed by atoms with Crippen LogP contribution in [0.1, 0.15) is 6.92 Å². The van der Waals surface area contributed by atoms with Gasteiger partial charge in [0.05, 0.1) is 0 Å². The molecule has 0 spiro atoms. The topological polar surface area (TPSA) is 43.4 Å². The minimum Gasteiger partial charge on any atom is -0.309 e. The Bertz CT molecular complexity index is 294. The van der Waals surface area contributed by atoms with Gasteiger partial charge in [-0.05, 0) is 26.6 Å². The van der Waals surface area contributed by atoms with Crippen molar-refractivity contribution < 1.29 is 25.5 Å². The van der Waals surface area contributed by atoms with Gasteiger partial charge in [0.25, 0.3) is 0 Å². The second kappa shape index (κ2) is 6.44. The molecule has 0 heterocycles. The van der Waals surface area contributed by atoms with Crippen LogP contribution in [0.15, 0.2) is 0 Å². The lowest BCUT2D eigenvalue weighted by atomic mass is 11.0. The monoisotopic (exact) mass is 320 g/mol. The van der Waals surface area contributed by atoms with Crippen LogP contribution >= 0.6 is 23.2 Å². The first-order chi connectivity index (χ1) is 6.69. The molecule has 0 aromatic carbocycles. The van der Waals surface area contributed by atoms with Crippen molar-refractivity contribution in [3.8, 4) is 0 Å². The van der Waals surface area contributed by atoms with E-state index in [1.165, 1.54) is 19.6 Å². The summed E-state index contributed by atoms with van der Waals surface area (Å²) in [5.74, 6) is 0. The summed E-state index contributed by atoms with van der Waals surface area (Å²) in [5, 5.41) is 0. The highest BCUT2D eigenvalue weighted by Gasteiger charge is 2.49. The largest absolute Gasteiger partial charge is 0.522 e. The molecule has 0 rings (SSSR count). The van der Waals surface area contributed by atoms with Crippen LogP contribution in [0.5, 0.6) is 0 Å². The van der Waals surface area contributed by atoms with E-state index < -0.39 is 23.9 Å². The molecule has 0 saturated heterocycles. The third kappa shape index (κ3) is 11.0. The molecule has 16 heavy (non-hydrogen) atoms. The van der Waals surface area contributed by atoms with E-state index in [0.717, 1.165) is 0 Å². The van der Waals surface area contributed by atoms with Crippen molar-refractivity contribution in [2.24, 2.45) is 0 Å². The fourth-order valence-corrected chi connectivity index (χ4v) is 3.39. The molecule has 0 bridgehead atoms. The van der Waals surface area contributed by atoms with Gasteiger partial charge in [0.2, 0.25) is 8.32 Å². The molecule has 3 nitrogen and oxygen atoms in total. The molecule has 0 N–H and O–H groups in total. The van der Waals surface area contributed by atoms with Crippen LogP contribution in [0.2, 0.25) is 19.6 Å². The van der Waals surface area contributed by atoms with Crippen LogP contribution in [-0.2, 0) is 14.0 Å². The van der Waals surface area contributed by atoms with Gasteiger partial charge in [-0.2, -0.15) is 21.6 Å². The molecule has 0 aliphatic rings. The van der Waals surface area contributed by atoms with E-state index in [1.807, 2.05) is 0 Å². The van der Waals surface area contributed by atoms with Crippen LogP contribution in [0.3, 0.4) is 0 Å². The van der Waals surface area contributed by atoms with Gasteiger partial charge in [0.15, 0.2) is 0 Å². The van der Waals surface area contributed by atoms with Crippen molar-refractivity contribution in [1.29, 1.82) is 0 Å². The minimum atomic E-state index is -5.39. The Morgan fingerprint density at radius 2 is 1.44 bits per heavy atom. The van der Waals surface area contributed by atoms with E-state index in [9.17, 15) is 21.6 Å². The number of hydrogen-bond acceptors (Lipinski definition) is 3. The van der Waals surface area contributed by atoms with E-state index >= 15 is 0 Å². The third-order valence-corrected chi connectivity index (χ3v) is 4.09. The summed E-state index contributed by atoms with van der Waals surface area (Å²) in [5.41, 5.74) is -5.31. The fourth-order valence-electron chi connectivity index (χ4n) is 0.376. The number of rotatable bonds is 2. The van der Waals surface area contributed by atoms with Crippen molar-refractivity contribution in [1.82, 2.24) is 0 Å². The Balaban J connectivity index is 0. The highest BCUT2D eigenvalue weighted by atomic mass is 35.5. The zero-order valence-electron chi connectivity index (χ0n) is 9.10. The summed E-state index contributed by atoms with van der Waals surface area (Å²) in [7, 11) is -8.10. The van der Waals surface area contributed by atoms with Crippen molar-refractivity contribution in [2.45, 2.75) is 36.9 Å². The van der Waals surface area contributed by atoms with E-state index in [2.05, 4.69) is 3.87 Å². The summed E-state index contributed by atoms with van der Waals surface area (Å²) in [6.07, 6.45) is 0. The van der Waals surface area contributed by atoms with Crippen molar-refractivity contribution >= 4 is 41.6 Å². The molecule has 0 saturated carbocycles. The Morgan fingerprint density at radius 3 is 1.50 bits per heavy atom. The molecule has 0 aliphatic heterocycles. The zero-order chi connectivity index (χ0) is 13.8. The third-order valence-electron chi connectivity index (χ3n) is 0.643. The predicted molar refractivity (Wildman–Crippen MR) is 60.6 cm³/mol. The van der Waals surface area contributed by atoms with Gasteiger partial charge >= 0.3 is 15.6 Å². The van der Waals surface area contributed by atoms with Gasteiger partial charge in [-0.15, -0.1) is 23.2 Å². The van der Waals surface area contributed by atoms with Gasteiger partial charge in [-0.1, -0.05) is 0 Å². The first kappa shape index (κ1) is 18.9. The average molecular weight is 321 g/mol. The molecule has 100 valence electrons. The van der Waals surface area contributed by atoms with Gasteiger partial charge in [0.1, 0.15) is 4.84 Å². The fraction of sp³-hybridized carbons (Fsp3) is 1.00. The van der Waals surface area contributed by atoms with E-state index in [1.54, 1.807) is 6.92 Å². The lowest BCUT2D eigenvalue weighted by Crippen LogP contribution is -2.36. The predicted octanol–water partition coefficient (Wildman–Crippen LogP) is 3.50. The lowest BCUT2D eigenvalue weighted by molar-refractivity contribution is -0.0503. The zero-order valence-corrected chi connectivity index (χ0v) is 12.4. The molecule has 0 unspecified atom stereocenters. The number of alkyl halides is 5. The Hall–Kier alpha value is 0.497. The highest BCUT2D eigenvalue weighted by molar-refractivity contribution is 7.88. The number of halogens is 5. The SMILES string of the molecule is CC(Cl)Cl.C[Si](C)(C)OS(=O)(=O)C(F)(F)F. The van der Waals surface area contributed by atoms with Crippen LogP contribution in [0.4, 0.5) is 13.2 Å². The van der Waals surface area contributed by atoms with Gasteiger partial charge < -0.3 is 3.87 Å². The van der Waals surface area contributed by atoms with E-state index in [-0.39, 0.29) is 4.84 Å². The van der Waals surface area contributed by atoms with E-state index in [0.29, 0.717) is 0 Å². The highest BCUT2D eigenvalue weighted by Crippen LogP contribution is 2.27. The first-order valence-corrected chi connectivity index (χ1v) is 9.68. The maximum absolute atomic E-state index is 11.7. The summed E-state index contributed by atoms with van der Waals surface area (Å²) in [6, 6.07) is 0. The Labute approximate surface area is 104 Å². The summed E-state index contributed by atoms with van der Waals surface area (Å²) >= 11 is 10.1. The molecule has 0 aromatic rings.